The molecule has 5 atom stereocenters. The first-order chi connectivity index (χ1) is 14.6. The maximum absolute atomic E-state index is 12.4. The molecule has 1 fully saturated rings. The number of carbonyl (C=O) groups excluding carboxylic acids is 3. The summed E-state index contributed by atoms with van der Waals surface area (Å²) in [6.07, 6.45) is 1.01. The van der Waals surface area contributed by atoms with E-state index in [-0.39, 0.29) is 37.4 Å². The fourth-order valence-corrected chi connectivity index (χ4v) is 3.88. The Morgan fingerprint density at radius 3 is 2.45 bits per heavy atom. The first-order valence-corrected chi connectivity index (χ1v) is 9.67. The minimum atomic E-state index is -1.37. The molecule has 2 amide bonds. The second kappa shape index (κ2) is 10.2. The van der Waals surface area contributed by atoms with Crippen LogP contribution in [0.2, 0.25) is 0 Å². The minimum Gasteiger partial charge on any atom is -0.477 e. The lowest BCUT2D eigenvalue weighted by Gasteiger charge is -2.44. The summed E-state index contributed by atoms with van der Waals surface area (Å²) >= 11 is 0. The number of β-lactam (4-membered cyclic amide) rings is 1. The molecule has 31 heavy (non-hydrogen) atoms. The molecule has 11 nitrogen and oxygen atoms in total. The molecule has 0 saturated carbocycles. The molecule has 2 unspecified atom stereocenters. The molecule has 2 aliphatic rings. The second-order valence-corrected chi connectivity index (χ2v) is 7.24. The zero-order valence-corrected chi connectivity index (χ0v) is 17.2. The van der Waals surface area contributed by atoms with E-state index < -0.39 is 54.0 Å². The summed E-state index contributed by atoms with van der Waals surface area (Å²) in [5.74, 6) is -4.47. The summed E-state index contributed by atoms with van der Waals surface area (Å²) in [5.41, 5.74) is 5.98. The Balaban J connectivity index is 2.34. The van der Waals surface area contributed by atoms with Crippen LogP contribution in [0.4, 0.5) is 4.79 Å². The Morgan fingerprint density at radius 1 is 1.29 bits per heavy atom. The van der Waals surface area contributed by atoms with Gasteiger partial charge in [-0.2, -0.15) is 0 Å². The van der Waals surface area contributed by atoms with Crippen LogP contribution in [0.3, 0.4) is 0 Å². The number of amides is 2. The largest absolute Gasteiger partial charge is 0.477 e. The van der Waals surface area contributed by atoms with Crippen LogP contribution in [0.5, 0.6) is 0 Å². The van der Waals surface area contributed by atoms with E-state index in [1.807, 2.05) is 0 Å². The van der Waals surface area contributed by atoms with Gasteiger partial charge in [-0.1, -0.05) is 25.3 Å². The van der Waals surface area contributed by atoms with Gasteiger partial charge in [0.2, 0.25) is 5.91 Å². The molecule has 0 aromatic heterocycles. The van der Waals surface area contributed by atoms with Crippen molar-refractivity contribution in [1.82, 2.24) is 10.2 Å². The average Bonchev–Trinajstić information content (AvgIpc) is 3.05. The molecule has 2 heterocycles. The number of carboxylic acid groups (broad SMARTS) is 1. The highest BCUT2D eigenvalue weighted by atomic mass is 16.5. The van der Waals surface area contributed by atoms with Crippen molar-refractivity contribution >= 4 is 23.9 Å². The van der Waals surface area contributed by atoms with Gasteiger partial charge in [-0.3, -0.25) is 9.59 Å². The highest BCUT2D eigenvalue weighted by Gasteiger charge is 2.58. The third-order valence-corrected chi connectivity index (χ3v) is 5.26. The van der Waals surface area contributed by atoms with Gasteiger partial charge >= 0.3 is 18.0 Å². The summed E-state index contributed by atoms with van der Waals surface area (Å²) in [4.78, 5) is 49.7. The molecule has 2 aliphatic heterocycles. The summed E-state index contributed by atoms with van der Waals surface area (Å²) in [6.45, 7) is 7.94. The van der Waals surface area contributed by atoms with Crippen LogP contribution in [0.15, 0.2) is 36.6 Å². The lowest BCUT2D eigenvalue weighted by molar-refractivity contribution is -0.161. The van der Waals surface area contributed by atoms with Gasteiger partial charge < -0.3 is 35.6 Å². The SMILES string of the molecule is C=CCOC(=O)NCC(C1=C(C(=O)O)N2C(=O)[C@H]([C@@H](C)O)[C@H]2C1)C(N)C(=O)OCC=C. The first-order valence-electron chi connectivity index (χ1n) is 9.67. The smallest absolute Gasteiger partial charge is 0.407 e. The van der Waals surface area contributed by atoms with E-state index in [0.717, 1.165) is 4.90 Å². The van der Waals surface area contributed by atoms with Crippen LogP contribution in [0.25, 0.3) is 0 Å². The summed E-state index contributed by atoms with van der Waals surface area (Å²) in [5, 5.41) is 22.1. The van der Waals surface area contributed by atoms with Crippen LogP contribution in [0.1, 0.15) is 13.3 Å². The summed E-state index contributed by atoms with van der Waals surface area (Å²) in [6, 6.07) is -1.90. The van der Waals surface area contributed by atoms with Crippen LogP contribution in [0, 0.1) is 11.8 Å². The van der Waals surface area contributed by atoms with Crippen molar-refractivity contribution in [2.75, 3.05) is 19.8 Å². The van der Waals surface area contributed by atoms with E-state index in [1.165, 1.54) is 19.1 Å². The van der Waals surface area contributed by atoms with Gasteiger partial charge in [-0.05, 0) is 18.9 Å². The molecule has 170 valence electrons. The number of carbonyl (C=O) groups is 4. The number of alkyl carbamates (subject to hydrolysis) is 1. The number of esters is 1. The number of hydrogen-bond acceptors (Lipinski definition) is 8. The van der Waals surface area contributed by atoms with E-state index in [1.54, 1.807) is 0 Å². The van der Waals surface area contributed by atoms with E-state index in [2.05, 4.69) is 18.5 Å². The van der Waals surface area contributed by atoms with Gasteiger partial charge in [0.15, 0.2) is 0 Å². The zero-order valence-electron chi connectivity index (χ0n) is 17.2. The number of ether oxygens (including phenoxy) is 2. The fourth-order valence-electron chi connectivity index (χ4n) is 3.88. The number of aliphatic hydroxyl groups is 1. The maximum atomic E-state index is 12.4. The zero-order chi connectivity index (χ0) is 23.3. The van der Waals surface area contributed by atoms with E-state index in [0.29, 0.717) is 0 Å². The predicted molar refractivity (Wildman–Crippen MR) is 107 cm³/mol. The molecule has 0 spiro atoms. The summed E-state index contributed by atoms with van der Waals surface area (Å²) in [7, 11) is 0. The van der Waals surface area contributed by atoms with E-state index in [4.69, 9.17) is 15.2 Å². The Labute approximate surface area is 179 Å². The number of nitrogens with two attached hydrogens (primary N) is 1. The van der Waals surface area contributed by atoms with Crippen LogP contribution in [-0.4, -0.2) is 77.0 Å². The standard InChI is InChI=1S/C20H27N3O8/c1-4-6-30-19(28)15(21)12(9-22-20(29)31-7-5-2)11-8-13-14(10(3)24)17(25)23(13)16(11)18(26)27/h4-5,10,12-15,24H,1-2,6-9,21H2,3H3,(H,22,29)(H,26,27)/t10-,12?,13-,14-,15?/m1/s1. The van der Waals surface area contributed by atoms with Crippen molar-refractivity contribution in [2.24, 2.45) is 17.6 Å². The van der Waals surface area contributed by atoms with Gasteiger partial charge in [-0.25, -0.2) is 9.59 Å². The van der Waals surface area contributed by atoms with Gasteiger partial charge in [0.05, 0.1) is 18.1 Å². The van der Waals surface area contributed by atoms with Crippen molar-refractivity contribution in [1.29, 1.82) is 0 Å². The quantitative estimate of drug-likeness (QED) is 0.189. The molecule has 1 saturated heterocycles. The average molecular weight is 437 g/mol. The lowest BCUT2D eigenvalue weighted by Crippen LogP contribution is -2.61. The number of aliphatic hydroxyl groups excluding tert-OH is 1. The molecular formula is C20H27N3O8. The molecule has 0 aromatic rings. The molecule has 0 aromatic carbocycles. The number of nitrogens with zero attached hydrogens (tertiary/aromatic N) is 1. The topological polar surface area (TPSA) is 168 Å². The lowest BCUT2D eigenvalue weighted by atomic mass is 9.81. The predicted octanol–water partition coefficient (Wildman–Crippen LogP) is -0.478. The Morgan fingerprint density at radius 2 is 1.90 bits per heavy atom. The van der Waals surface area contributed by atoms with Crippen LogP contribution in [-0.2, 0) is 23.9 Å². The highest BCUT2D eigenvalue weighted by molar-refractivity contribution is 6.00. The van der Waals surface area contributed by atoms with Gasteiger partial charge in [0.25, 0.3) is 0 Å². The molecule has 0 radical (unpaired) electrons. The number of carboxylic acids is 1. The van der Waals surface area contributed by atoms with Crippen molar-refractivity contribution in [3.63, 3.8) is 0 Å². The fraction of sp³-hybridized carbons (Fsp3) is 0.500. The summed E-state index contributed by atoms with van der Waals surface area (Å²) < 4.78 is 9.82. The Hall–Kier alpha value is -3.18. The Kier molecular flexibility index (Phi) is 7.95. The molecular weight excluding hydrogens is 410 g/mol. The Bertz CT molecular complexity index is 806. The molecule has 0 bridgehead atoms. The molecule has 0 aliphatic carbocycles. The van der Waals surface area contributed by atoms with Crippen LogP contribution < -0.4 is 11.1 Å². The molecule has 2 rings (SSSR count). The number of fused-ring (bicyclic) bond motifs is 1. The number of nitrogens with one attached hydrogen (secondary N) is 1. The first kappa shape index (κ1) is 24.1. The minimum absolute atomic E-state index is 0.0482. The van der Waals surface area contributed by atoms with Crippen molar-refractivity contribution in [2.45, 2.75) is 31.5 Å². The third kappa shape index (κ3) is 4.94. The number of aliphatic carboxylic acids is 1. The van der Waals surface area contributed by atoms with E-state index >= 15 is 0 Å². The van der Waals surface area contributed by atoms with Gasteiger partial charge in [-0.15, -0.1) is 0 Å². The second-order valence-electron chi connectivity index (χ2n) is 7.24. The highest BCUT2D eigenvalue weighted by Crippen LogP contribution is 2.46. The van der Waals surface area contributed by atoms with Crippen molar-refractivity contribution in [3.8, 4) is 0 Å². The van der Waals surface area contributed by atoms with Gasteiger partial charge in [0.1, 0.15) is 25.0 Å². The monoisotopic (exact) mass is 437 g/mol. The maximum Gasteiger partial charge on any atom is 0.407 e. The van der Waals surface area contributed by atoms with E-state index in [9.17, 15) is 29.4 Å². The normalized spacial score (nSPS) is 22.5. The van der Waals surface area contributed by atoms with Crippen molar-refractivity contribution < 1.29 is 38.9 Å². The molecule has 5 N–H and O–H groups in total. The molecule has 11 heteroatoms. The number of hydrogen-bond donors (Lipinski definition) is 4. The van der Waals surface area contributed by atoms with Crippen LogP contribution >= 0.6 is 0 Å². The van der Waals surface area contributed by atoms with Gasteiger partial charge in [0, 0.05) is 12.5 Å². The third-order valence-electron chi connectivity index (χ3n) is 5.26. The van der Waals surface area contributed by atoms with Crippen molar-refractivity contribution in [3.05, 3.63) is 36.6 Å². The number of rotatable bonds is 11.